The summed E-state index contributed by atoms with van der Waals surface area (Å²) < 4.78 is 10.5. The summed E-state index contributed by atoms with van der Waals surface area (Å²) in [4.78, 5) is 23.6. The molecule has 6 heteroatoms. The molecule has 0 aliphatic rings. The van der Waals surface area contributed by atoms with Gasteiger partial charge < -0.3 is 14.5 Å². The normalized spacial score (nSPS) is 12.1. The number of fused-ring (bicyclic) bond motifs is 1. The average molecular weight is 310 g/mol. The predicted octanol–water partition coefficient (Wildman–Crippen LogP) is 3.16. The van der Waals surface area contributed by atoms with Crippen LogP contribution in [0.2, 0.25) is 5.02 Å². The van der Waals surface area contributed by atoms with Crippen molar-refractivity contribution in [1.29, 1.82) is 0 Å². The molecule has 1 N–H and O–H groups in total. The fourth-order valence-corrected chi connectivity index (χ4v) is 1.96. The van der Waals surface area contributed by atoms with Gasteiger partial charge in [-0.05, 0) is 37.6 Å². The molecule has 1 amide bonds. The second-order valence-corrected chi connectivity index (χ2v) is 5.07. The first kappa shape index (κ1) is 15.4. The van der Waals surface area contributed by atoms with Crippen LogP contribution >= 0.6 is 11.6 Å². The molecule has 2 aromatic rings. The van der Waals surface area contributed by atoms with E-state index >= 15 is 0 Å². The number of benzene rings is 1. The molecule has 5 nitrogen and oxygen atoms in total. The van der Waals surface area contributed by atoms with Gasteiger partial charge in [-0.25, -0.2) is 4.79 Å². The molecule has 2 rings (SSSR count). The van der Waals surface area contributed by atoms with Crippen LogP contribution in [0.25, 0.3) is 11.0 Å². The average Bonchev–Trinajstić information content (AvgIpc) is 2.87. The first-order valence-corrected chi connectivity index (χ1v) is 7.07. The molecular formula is C15H16ClNO4. The largest absolute Gasteiger partial charge is 0.449 e. The molecule has 0 radical (unpaired) electrons. The molecule has 0 bridgehead atoms. The number of hydrogen-bond donors (Lipinski definition) is 1. The van der Waals surface area contributed by atoms with Gasteiger partial charge >= 0.3 is 5.97 Å². The van der Waals surface area contributed by atoms with Crippen LogP contribution in [0.1, 0.15) is 30.8 Å². The minimum atomic E-state index is -0.874. The van der Waals surface area contributed by atoms with E-state index < -0.39 is 12.1 Å². The van der Waals surface area contributed by atoms with Gasteiger partial charge in [-0.1, -0.05) is 18.5 Å². The quantitative estimate of drug-likeness (QED) is 0.861. The summed E-state index contributed by atoms with van der Waals surface area (Å²) in [7, 11) is 0. The van der Waals surface area contributed by atoms with E-state index in [9.17, 15) is 9.59 Å². The Morgan fingerprint density at radius 1 is 1.38 bits per heavy atom. The van der Waals surface area contributed by atoms with Crippen LogP contribution in [-0.4, -0.2) is 24.5 Å². The second kappa shape index (κ2) is 6.63. The highest BCUT2D eigenvalue weighted by molar-refractivity contribution is 6.31. The molecule has 0 spiro atoms. The zero-order valence-electron chi connectivity index (χ0n) is 11.8. The molecule has 0 aliphatic carbocycles. The van der Waals surface area contributed by atoms with Gasteiger partial charge in [0.2, 0.25) is 5.76 Å². The summed E-state index contributed by atoms with van der Waals surface area (Å²) in [5, 5.41) is 3.92. The molecule has 0 fully saturated rings. The van der Waals surface area contributed by atoms with E-state index in [1.165, 1.54) is 6.92 Å². The standard InChI is InChI=1S/C15H16ClNO4/c1-3-6-17-14(18)9(2)20-15(19)13-8-10-7-11(16)4-5-12(10)21-13/h4-5,7-9H,3,6H2,1-2H3,(H,17,18)/t9-/m0/s1. The van der Waals surface area contributed by atoms with Crippen LogP contribution in [0, 0.1) is 0 Å². The van der Waals surface area contributed by atoms with E-state index in [4.69, 9.17) is 20.8 Å². The van der Waals surface area contributed by atoms with Gasteiger partial charge in [-0.15, -0.1) is 0 Å². The number of ether oxygens (including phenoxy) is 1. The van der Waals surface area contributed by atoms with Gasteiger partial charge in [-0.3, -0.25) is 4.79 Å². The van der Waals surface area contributed by atoms with E-state index in [0.717, 1.165) is 6.42 Å². The van der Waals surface area contributed by atoms with Crippen LogP contribution in [-0.2, 0) is 9.53 Å². The van der Waals surface area contributed by atoms with Gasteiger partial charge in [0.1, 0.15) is 5.58 Å². The van der Waals surface area contributed by atoms with Crippen molar-refractivity contribution in [2.45, 2.75) is 26.4 Å². The van der Waals surface area contributed by atoms with Crippen molar-refractivity contribution < 1.29 is 18.7 Å². The molecule has 0 unspecified atom stereocenters. The van der Waals surface area contributed by atoms with Gasteiger partial charge in [0.05, 0.1) is 0 Å². The Labute approximate surface area is 127 Å². The van der Waals surface area contributed by atoms with Crippen molar-refractivity contribution in [3.63, 3.8) is 0 Å². The molecule has 112 valence electrons. The Morgan fingerprint density at radius 3 is 2.86 bits per heavy atom. The van der Waals surface area contributed by atoms with Gasteiger partial charge in [0.25, 0.3) is 5.91 Å². The molecule has 0 saturated carbocycles. The highest BCUT2D eigenvalue weighted by atomic mass is 35.5. The van der Waals surface area contributed by atoms with E-state index in [2.05, 4.69) is 5.32 Å². The lowest BCUT2D eigenvalue weighted by molar-refractivity contribution is -0.129. The zero-order valence-corrected chi connectivity index (χ0v) is 12.6. The topological polar surface area (TPSA) is 68.5 Å². The fraction of sp³-hybridized carbons (Fsp3) is 0.333. The maximum absolute atomic E-state index is 12.0. The first-order valence-electron chi connectivity index (χ1n) is 6.69. The molecule has 1 aromatic carbocycles. The summed E-state index contributed by atoms with van der Waals surface area (Å²) in [5.74, 6) is -0.965. The summed E-state index contributed by atoms with van der Waals surface area (Å²) in [6, 6.07) is 6.57. The third-order valence-electron chi connectivity index (χ3n) is 2.88. The second-order valence-electron chi connectivity index (χ2n) is 4.63. The Balaban J connectivity index is 2.06. The van der Waals surface area contributed by atoms with Crippen molar-refractivity contribution in [3.05, 3.63) is 35.0 Å². The molecule has 1 heterocycles. The monoisotopic (exact) mass is 309 g/mol. The predicted molar refractivity (Wildman–Crippen MR) is 79.4 cm³/mol. The van der Waals surface area contributed by atoms with Crippen LogP contribution in [0.5, 0.6) is 0 Å². The number of carbonyl (C=O) groups excluding carboxylic acids is 2. The third-order valence-corrected chi connectivity index (χ3v) is 3.12. The molecule has 1 aromatic heterocycles. The number of nitrogens with one attached hydrogen (secondary N) is 1. The van der Waals surface area contributed by atoms with Crippen molar-refractivity contribution >= 4 is 34.4 Å². The SMILES string of the molecule is CCCNC(=O)[C@H](C)OC(=O)c1cc2cc(Cl)ccc2o1. The number of halogens is 1. The summed E-state index contributed by atoms with van der Waals surface area (Å²) in [5.41, 5.74) is 0.537. The minimum absolute atomic E-state index is 0.0439. The molecular weight excluding hydrogens is 294 g/mol. The van der Waals surface area contributed by atoms with Gasteiger partial charge in [0.15, 0.2) is 6.10 Å². The molecule has 0 saturated heterocycles. The van der Waals surface area contributed by atoms with Crippen molar-refractivity contribution in [2.75, 3.05) is 6.54 Å². The zero-order chi connectivity index (χ0) is 15.4. The van der Waals surface area contributed by atoms with Gasteiger partial charge in [0, 0.05) is 17.0 Å². The number of esters is 1. The summed E-state index contributed by atoms with van der Waals surface area (Å²) >= 11 is 5.87. The Bertz CT molecular complexity index is 665. The van der Waals surface area contributed by atoms with Crippen molar-refractivity contribution in [3.8, 4) is 0 Å². The number of hydrogen-bond acceptors (Lipinski definition) is 4. The van der Waals surface area contributed by atoms with Crippen molar-refractivity contribution in [2.24, 2.45) is 0 Å². The van der Waals surface area contributed by atoms with E-state index in [-0.39, 0.29) is 11.7 Å². The number of amides is 1. The lowest BCUT2D eigenvalue weighted by Gasteiger charge is -2.11. The van der Waals surface area contributed by atoms with E-state index in [1.54, 1.807) is 24.3 Å². The lowest BCUT2D eigenvalue weighted by Crippen LogP contribution is -2.36. The first-order chi connectivity index (χ1) is 10.0. The molecule has 1 atom stereocenters. The maximum atomic E-state index is 12.0. The Hall–Kier alpha value is -2.01. The maximum Gasteiger partial charge on any atom is 0.375 e. The highest BCUT2D eigenvalue weighted by Crippen LogP contribution is 2.23. The minimum Gasteiger partial charge on any atom is -0.449 e. The highest BCUT2D eigenvalue weighted by Gasteiger charge is 2.21. The molecule has 21 heavy (non-hydrogen) atoms. The van der Waals surface area contributed by atoms with Crippen molar-refractivity contribution in [1.82, 2.24) is 5.32 Å². The lowest BCUT2D eigenvalue weighted by atomic mass is 10.2. The van der Waals surface area contributed by atoms with Crippen LogP contribution in [0.15, 0.2) is 28.7 Å². The Kier molecular flexibility index (Phi) is 4.85. The Morgan fingerprint density at radius 2 is 2.14 bits per heavy atom. The van der Waals surface area contributed by atoms with E-state index in [1.807, 2.05) is 6.92 Å². The fourth-order valence-electron chi connectivity index (χ4n) is 1.78. The van der Waals surface area contributed by atoms with Gasteiger partial charge in [-0.2, -0.15) is 0 Å². The number of furan rings is 1. The smallest absolute Gasteiger partial charge is 0.375 e. The molecule has 0 aliphatic heterocycles. The number of carbonyl (C=O) groups is 2. The summed E-state index contributed by atoms with van der Waals surface area (Å²) in [6.07, 6.45) is -0.0580. The number of rotatable bonds is 5. The third kappa shape index (κ3) is 3.76. The van der Waals surface area contributed by atoms with Crippen LogP contribution in [0.3, 0.4) is 0 Å². The van der Waals surface area contributed by atoms with Crippen LogP contribution in [0.4, 0.5) is 0 Å². The van der Waals surface area contributed by atoms with Crippen LogP contribution < -0.4 is 5.32 Å². The van der Waals surface area contributed by atoms with E-state index in [0.29, 0.717) is 22.5 Å². The summed E-state index contributed by atoms with van der Waals surface area (Å²) in [6.45, 7) is 4.00.